The first-order chi connectivity index (χ1) is 14.6. The van der Waals surface area contributed by atoms with Gasteiger partial charge in [-0.05, 0) is 26.7 Å². The fraction of sp³-hybridized carbons (Fsp3) is 0.571. The van der Waals surface area contributed by atoms with Crippen molar-refractivity contribution in [1.29, 1.82) is 0 Å². The molecule has 0 radical (unpaired) electrons. The second-order valence-electron chi connectivity index (χ2n) is 7.25. The Balaban J connectivity index is 0.00000341. The van der Waals surface area contributed by atoms with Crippen molar-refractivity contribution < 1.29 is 14.0 Å². The van der Waals surface area contributed by atoms with Gasteiger partial charge in [0.2, 0.25) is 5.89 Å². The summed E-state index contributed by atoms with van der Waals surface area (Å²) in [4.78, 5) is 11.3. The number of nitrogens with zero attached hydrogens (tertiary/aromatic N) is 4. The van der Waals surface area contributed by atoms with Crippen molar-refractivity contribution in [2.45, 2.75) is 39.2 Å². The Morgan fingerprint density at radius 2 is 2.00 bits per heavy atom. The summed E-state index contributed by atoms with van der Waals surface area (Å²) in [5, 5.41) is 10.7. The molecule has 172 valence electrons. The van der Waals surface area contributed by atoms with Gasteiger partial charge in [-0.1, -0.05) is 5.16 Å². The van der Waals surface area contributed by atoms with E-state index in [0.29, 0.717) is 24.3 Å². The molecule has 0 spiro atoms. The van der Waals surface area contributed by atoms with Gasteiger partial charge in [-0.2, -0.15) is 4.98 Å². The predicted molar refractivity (Wildman–Crippen MR) is 132 cm³/mol. The molecule has 2 heterocycles. The standard InChI is InChI=1S/C21H32N6O3.HI/c1-5-22-21(23-9-6-7-20-24-15(2)26-30-20)25-16-8-10-27(14-16)17-11-18(28-3)13-19(12-17)29-4;/h11-13,16H,5-10,14H2,1-4H3,(H2,22,23,25);1H. The van der Waals surface area contributed by atoms with Crippen molar-refractivity contribution in [3.8, 4) is 11.5 Å². The molecule has 0 bridgehead atoms. The van der Waals surface area contributed by atoms with E-state index >= 15 is 0 Å². The van der Waals surface area contributed by atoms with Crippen LogP contribution in [0.15, 0.2) is 27.7 Å². The fourth-order valence-corrected chi connectivity index (χ4v) is 3.46. The lowest BCUT2D eigenvalue weighted by Gasteiger charge is -2.21. The minimum absolute atomic E-state index is 0. The highest BCUT2D eigenvalue weighted by Crippen LogP contribution is 2.30. The third-order valence-electron chi connectivity index (χ3n) is 4.96. The maximum atomic E-state index is 5.40. The maximum absolute atomic E-state index is 5.40. The molecule has 0 amide bonds. The molecular weight excluding hydrogens is 511 g/mol. The molecule has 1 aromatic heterocycles. The van der Waals surface area contributed by atoms with Crippen molar-refractivity contribution in [2.24, 2.45) is 4.99 Å². The Bertz CT molecular complexity index is 822. The molecule has 1 aromatic carbocycles. The van der Waals surface area contributed by atoms with Gasteiger partial charge in [0.25, 0.3) is 0 Å². The number of hydrogen-bond acceptors (Lipinski definition) is 7. The average molecular weight is 544 g/mol. The fourth-order valence-electron chi connectivity index (χ4n) is 3.46. The SMILES string of the molecule is CCNC(=NCCCc1nc(C)no1)NC1CCN(c2cc(OC)cc(OC)c2)C1.I. The third kappa shape index (κ3) is 7.44. The Hall–Kier alpha value is -2.24. The summed E-state index contributed by atoms with van der Waals surface area (Å²) >= 11 is 0. The van der Waals surface area contributed by atoms with E-state index in [-0.39, 0.29) is 24.0 Å². The van der Waals surface area contributed by atoms with Gasteiger partial charge in [0.1, 0.15) is 11.5 Å². The largest absolute Gasteiger partial charge is 0.497 e. The summed E-state index contributed by atoms with van der Waals surface area (Å²) in [7, 11) is 3.34. The van der Waals surface area contributed by atoms with Gasteiger partial charge < -0.3 is 29.5 Å². The number of halogens is 1. The molecule has 1 aliphatic rings. The molecule has 3 rings (SSSR count). The highest BCUT2D eigenvalue weighted by molar-refractivity contribution is 14.0. The van der Waals surface area contributed by atoms with E-state index < -0.39 is 0 Å². The molecule has 2 aromatic rings. The molecule has 9 nitrogen and oxygen atoms in total. The minimum atomic E-state index is 0. The number of methoxy groups -OCH3 is 2. The zero-order chi connectivity index (χ0) is 21.3. The highest BCUT2D eigenvalue weighted by atomic mass is 127. The molecule has 1 atom stereocenters. The summed E-state index contributed by atoms with van der Waals surface area (Å²) < 4.78 is 16.0. The van der Waals surface area contributed by atoms with Crippen LogP contribution in [0.25, 0.3) is 0 Å². The van der Waals surface area contributed by atoms with E-state index in [1.807, 2.05) is 25.1 Å². The summed E-state index contributed by atoms with van der Waals surface area (Å²) in [6.45, 7) is 7.26. The zero-order valence-corrected chi connectivity index (χ0v) is 21.0. The van der Waals surface area contributed by atoms with Gasteiger partial charge in [0.15, 0.2) is 11.8 Å². The number of rotatable bonds is 9. The van der Waals surface area contributed by atoms with E-state index in [9.17, 15) is 0 Å². The monoisotopic (exact) mass is 544 g/mol. The first kappa shape index (κ1) is 25.0. The maximum Gasteiger partial charge on any atom is 0.226 e. The number of aromatic nitrogens is 2. The summed E-state index contributed by atoms with van der Waals surface area (Å²) in [5.41, 5.74) is 1.10. The summed E-state index contributed by atoms with van der Waals surface area (Å²) in [6, 6.07) is 6.30. The Kier molecular flexibility index (Phi) is 10.2. The normalized spacial score (nSPS) is 16.1. The van der Waals surface area contributed by atoms with Crippen LogP contribution in [-0.4, -0.2) is 62.5 Å². The van der Waals surface area contributed by atoms with E-state index in [0.717, 1.165) is 62.0 Å². The lowest BCUT2D eigenvalue weighted by atomic mass is 10.2. The summed E-state index contributed by atoms with van der Waals surface area (Å²) in [6.07, 6.45) is 2.63. The molecule has 1 saturated heterocycles. The lowest BCUT2D eigenvalue weighted by Crippen LogP contribution is -2.44. The lowest BCUT2D eigenvalue weighted by molar-refractivity contribution is 0.372. The van der Waals surface area contributed by atoms with E-state index in [2.05, 4.69) is 32.6 Å². The number of aryl methyl sites for hydroxylation is 2. The van der Waals surface area contributed by atoms with Crippen LogP contribution in [0.5, 0.6) is 11.5 Å². The van der Waals surface area contributed by atoms with Gasteiger partial charge in [-0.15, -0.1) is 24.0 Å². The number of aliphatic imine (C=N–C) groups is 1. The quantitative estimate of drug-likeness (QED) is 0.215. The Morgan fingerprint density at radius 1 is 1.26 bits per heavy atom. The average Bonchev–Trinajstić information content (AvgIpc) is 3.39. The number of guanidine groups is 1. The third-order valence-corrected chi connectivity index (χ3v) is 4.96. The van der Waals surface area contributed by atoms with Crippen LogP contribution in [0.3, 0.4) is 0 Å². The molecule has 0 saturated carbocycles. The van der Waals surface area contributed by atoms with Crippen molar-refractivity contribution >= 4 is 35.6 Å². The second kappa shape index (κ2) is 12.6. The Morgan fingerprint density at radius 3 is 2.61 bits per heavy atom. The van der Waals surface area contributed by atoms with E-state index in [1.54, 1.807) is 14.2 Å². The minimum Gasteiger partial charge on any atom is -0.497 e. The van der Waals surface area contributed by atoms with Crippen LogP contribution in [0.1, 0.15) is 31.5 Å². The molecular formula is C21H33IN6O3. The van der Waals surface area contributed by atoms with Crippen LogP contribution in [0, 0.1) is 6.92 Å². The van der Waals surface area contributed by atoms with Gasteiger partial charge in [0.05, 0.1) is 14.2 Å². The first-order valence-electron chi connectivity index (χ1n) is 10.4. The van der Waals surface area contributed by atoms with Crippen LogP contribution in [0.4, 0.5) is 5.69 Å². The van der Waals surface area contributed by atoms with E-state index in [4.69, 9.17) is 19.0 Å². The number of anilines is 1. The van der Waals surface area contributed by atoms with E-state index in [1.165, 1.54) is 0 Å². The van der Waals surface area contributed by atoms with Crippen LogP contribution < -0.4 is 25.0 Å². The van der Waals surface area contributed by atoms with Crippen molar-refractivity contribution in [1.82, 2.24) is 20.8 Å². The number of benzene rings is 1. The van der Waals surface area contributed by atoms with Crippen molar-refractivity contribution in [3.05, 3.63) is 29.9 Å². The van der Waals surface area contributed by atoms with Crippen LogP contribution >= 0.6 is 24.0 Å². The van der Waals surface area contributed by atoms with Crippen LogP contribution in [0.2, 0.25) is 0 Å². The van der Waals surface area contributed by atoms with Gasteiger partial charge >= 0.3 is 0 Å². The molecule has 31 heavy (non-hydrogen) atoms. The molecule has 1 fully saturated rings. The Labute approximate surface area is 201 Å². The van der Waals surface area contributed by atoms with Crippen LogP contribution in [-0.2, 0) is 6.42 Å². The second-order valence-corrected chi connectivity index (χ2v) is 7.25. The predicted octanol–water partition coefficient (Wildman–Crippen LogP) is 2.78. The zero-order valence-electron chi connectivity index (χ0n) is 18.7. The topological polar surface area (TPSA) is 97.0 Å². The van der Waals surface area contributed by atoms with Crippen molar-refractivity contribution in [2.75, 3.05) is 45.3 Å². The molecule has 10 heteroatoms. The van der Waals surface area contributed by atoms with Gasteiger partial charge in [-0.25, -0.2) is 0 Å². The van der Waals surface area contributed by atoms with Crippen molar-refractivity contribution in [3.63, 3.8) is 0 Å². The van der Waals surface area contributed by atoms with Gasteiger partial charge in [0, 0.05) is 62.5 Å². The highest BCUT2D eigenvalue weighted by Gasteiger charge is 2.24. The summed E-state index contributed by atoms with van der Waals surface area (Å²) in [5.74, 6) is 3.78. The smallest absolute Gasteiger partial charge is 0.226 e. The van der Waals surface area contributed by atoms with Gasteiger partial charge in [-0.3, -0.25) is 4.99 Å². The number of nitrogens with one attached hydrogen (secondary N) is 2. The molecule has 2 N–H and O–H groups in total. The number of hydrogen-bond donors (Lipinski definition) is 2. The molecule has 1 unspecified atom stereocenters. The molecule has 1 aliphatic heterocycles. The molecule has 0 aliphatic carbocycles. The number of ether oxygens (including phenoxy) is 2. The first-order valence-corrected chi connectivity index (χ1v) is 10.4.